The lowest BCUT2D eigenvalue weighted by Crippen LogP contribution is -2.40. The first-order chi connectivity index (χ1) is 5.45. The SMILES string of the molecule is CC(CO)N(C)S(=O)(=O)CCN. The van der Waals surface area contributed by atoms with E-state index < -0.39 is 10.0 Å². The number of nitrogens with two attached hydrogens (primary N) is 1. The summed E-state index contributed by atoms with van der Waals surface area (Å²) in [5.74, 6) is -0.0756. The second-order valence-electron chi connectivity index (χ2n) is 2.65. The fraction of sp³-hybridized carbons (Fsp3) is 1.00. The van der Waals surface area contributed by atoms with Gasteiger partial charge in [-0.15, -0.1) is 0 Å². The number of hydrogen-bond acceptors (Lipinski definition) is 4. The van der Waals surface area contributed by atoms with Crippen molar-refractivity contribution in [2.75, 3.05) is 26.0 Å². The molecule has 1 unspecified atom stereocenters. The molecule has 0 heterocycles. The summed E-state index contributed by atoms with van der Waals surface area (Å²) in [5, 5.41) is 8.70. The van der Waals surface area contributed by atoms with Crippen molar-refractivity contribution < 1.29 is 13.5 Å². The largest absolute Gasteiger partial charge is 0.395 e. The maximum Gasteiger partial charge on any atom is 0.215 e. The van der Waals surface area contributed by atoms with Crippen LogP contribution in [0.2, 0.25) is 0 Å². The molecule has 6 heteroatoms. The number of rotatable bonds is 5. The lowest BCUT2D eigenvalue weighted by molar-refractivity contribution is 0.214. The molecule has 0 aliphatic carbocycles. The van der Waals surface area contributed by atoms with Gasteiger partial charge in [0.25, 0.3) is 0 Å². The highest BCUT2D eigenvalue weighted by Crippen LogP contribution is 2.02. The quantitative estimate of drug-likeness (QED) is 0.565. The average molecular weight is 196 g/mol. The van der Waals surface area contributed by atoms with E-state index in [1.54, 1.807) is 6.92 Å². The second kappa shape index (κ2) is 4.76. The number of sulfonamides is 1. The highest BCUT2D eigenvalue weighted by Gasteiger charge is 2.21. The predicted octanol–water partition coefficient (Wildman–Crippen LogP) is -1.41. The lowest BCUT2D eigenvalue weighted by Gasteiger charge is -2.21. The van der Waals surface area contributed by atoms with Crippen LogP contribution in [0.4, 0.5) is 0 Å². The zero-order chi connectivity index (χ0) is 9.78. The number of hydrogen-bond donors (Lipinski definition) is 2. The molecule has 0 aromatic rings. The summed E-state index contributed by atoms with van der Waals surface area (Å²) in [5.41, 5.74) is 5.13. The third-order valence-electron chi connectivity index (χ3n) is 1.70. The van der Waals surface area contributed by atoms with Gasteiger partial charge >= 0.3 is 0 Å². The van der Waals surface area contributed by atoms with Gasteiger partial charge in [-0.2, -0.15) is 4.31 Å². The maximum absolute atomic E-state index is 11.3. The van der Waals surface area contributed by atoms with Crippen molar-refractivity contribution in [2.24, 2.45) is 5.73 Å². The highest BCUT2D eigenvalue weighted by atomic mass is 32.2. The molecule has 5 nitrogen and oxygen atoms in total. The minimum atomic E-state index is -3.27. The van der Waals surface area contributed by atoms with Gasteiger partial charge in [0.15, 0.2) is 0 Å². The van der Waals surface area contributed by atoms with Crippen LogP contribution in [0, 0.1) is 0 Å². The van der Waals surface area contributed by atoms with E-state index in [1.807, 2.05) is 0 Å². The Labute approximate surface area is 73.2 Å². The molecule has 3 N–H and O–H groups in total. The summed E-state index contributed by atoms with van der Waals surface area (Å²) < 4.78 is 23.7. The molecular formula is C6H16N2O3S. The van der Waals surface area contributed by atoms with Crippen LogP contribution in [0.1, 0.15) is 6.92 Å². The van der Waals surface area contributed by atoms with Gasteiger partial charge in [-0.1, -0.05) is 0 Å². The van der Waals surface area contributed by atoms with Crippen LogP contribution in [0.5, 0.6) is 0 Å². The van der Waals surface area contributed by atoms with Gasteiger partial charge in [0.2, 0.25) is 10.0 Å². The van der Waals surface area contributed by atoms with Crippen molar-refractivity contribution >= 4 is 10.0 Å². The van der Waals surface area contributed by atoms with Crippen molar-refractivity contribution in [3.63, 3.8) is 0 Å². The third-order valence-corrected chi connectivity index (χ3v) is 3.69. The Morgan fingerprint density at radius 3 is 2.42 bits per heavy atom. The summed E-state index contributed by atoms with van der Waals surface area (Å²) in [6, 6.07) is -0.387. The van der Waals surface area contributed by atoms with Gasteiger partial charge in [0.1, 0.15) is 0 Å². The Morgan fingerprint density at radius 2 is 2.08 bits per heavy atom. The molecule has 0 fully saturated rings. The molecule has 74 valence electrons. The monoisotopic (exact) mass is 196 g/mol. The van der Waals surface area contributed by atoms with Crippen molar-refractivity contribution in [3.8, 4) is 0 Å². The fourth-order valence-corrected chi connectivity index (χ4v) is 1.88. The standard InChI is InChI=1S/C6H16N2O3S/c1-6(5-9)8(2)12(10,11)4-3-7/h6,9H,3-5,7H2,1-2H3. The molecule has 0 amide bonds. The van der Waals surface area contributed by atoms with Gasteiger partial charge < -0.3 is 10.8 Å². The van der Waals surface area contributed by atoms with Crippen molar-refractivity contribution in [1.82, 2.24) is 4.31 Å². The minimum absolute atomic E-state index is 0.0756. The molecule has 0 aromatic carbocycles. The summed E-state index contributed by atoms with van der Waals surface area (Å²) in [6.45, 7) is 1.55. The molecule has 1 atom stereocenters. The molecule has 0 saturated heterocycles. The van der Waals surface area contributed by atoms with E-state index in [1.165, 1.54) is 7.05 Å². The van der Waals surface area contributed by atoms with Crippen LogP contribution in [0.3, 0.4) is 0 Å². The van der Waals surface area contributed by atoms with Crippen LogP contribution < -0.4 is 5.73 Å². The maximum atomic E-state index is 11.3. The van der Waals surface area contributed by atoms with Gasteiger partial charge in [-0.3, -0.25) is 0 Å². The van der Waals surface area contributed by atoms with Gasteiger partial charge in [-0.25, -0.2) is 8.42 Å². The third kappa shape index (κ3) is 3.06. The molecule has 0 saturated carbocycles. The average Bonchev–Trinajstić information content (AvgIpc) is 2.01. The molecule has 12 heavy (non-hydrogen) atoms. The Morgan fingerprint density at radius 1 is 1.58 bits per heavy atom. The molecule has 0 aliphatic rings. The first kappa shape index (κ1) is 11.8. The summed E-state index contributed by atoms with van der Waals surface area (Å²) in [6.07, 6.45) is 0. The van der Waals surface area contributed by atoms with Crippen LogP contribution in [0.15, 0.2) is 0 Å². The molecule has 0 radical (unpaired) electrons. The Bertz CT molecular complexity index is 215. The molecule has 0 rings (SSSR count). The van der Waals surface area contributed by atoms with Gasteiger partial charge in [-0.05, 0) is 6.92 Å². The van der Waals surface area contributed by atoms with Crippen molar-refractivity contribution in [1.29, 1.82) is 0 Å². The minimum Gasteiger partial charge on any atom is -0.395 e. The smallest absolute Gasteiger partial charge is 0.215 e. The van der Waals surface area contributed by atoms with E-state index in [0.717, 1.165) is 4.31 Å². The van der Waals surface area contributed by atoms with E-state index in [9.17, 15) is 8.42 Å². The second-order valence-corrected chi connectivity index (χ2v) is 4.80. The van der Waals surface area contributed by atoms with Gasteiger partial charge in [0.05, 0.1) is 12.4 Å². The van der Waals surface area contributed by atoms with E-state index >= 15 is 0 Å². The topological polar surface area (TPSA) is 83.6 Å². The molecule has 0 aliphatic heterocycles. The van der Waals surface area contributed by atoms with Crippen LogP contribution in [-0.4, -0.2) is 49.8 Å². The number of aliphatic hydroxyl groups excluding tert-OH is 1. The van der Waals surface area contributed by atoms with Crippen LogP contribution in [-0.2, 0) is 10.0 Å². The normalized spacial score (nSPS) is 15.1. The van der Waals surface area contributed by atoms with E-state index in [2.05, 4.69) is 0 Å². The Hall–Kier alpha value is -0.170. The van der Waals surface area contributed by atoms with E-state index in [4.69, 9.17) is 10.8 Å². The van der Waals surface area contributed by atoms with E-state index in [0.29, 0.717) is 0 Å². The predicted molar refractivity (Wildman–Crippen MR) is 47.2 cm³/mol. The first-order valence-corrected chi connectivity index (χ1v) is 5.33. The highest BCUT2D eigenvalue weighted by molar-refractivity contribution is 7.89. The molecule has 0 bridgehead atoms. The molecule has 0 spiro atoms. The molecule has 0 aromatic heterocycles. The number of nitrogens with zero attached hydrogens (tertiary/aromatic N) is 1. The summed E-state index contributed by atoms with van der Waals surface area (Å²) in [4.78, 5) is 0. The van der Waals surface area contributed by atoms with E-state index in [-0.39, 0.29) is 24.9 Å². The number of aliphatic hydroxyl groups is 1. The molecular weight excluding hydrogens is 180 g/mol. The van der Waals surface area contributed by atoms with Crippen molar-refractivity contribution in [2.45, 2.75) is 13.0 Å². The summed E-state index contributed by atoms with van der Waals surface area (Å²) in [7, 11) is -1.84. The fourth-order valence-electron chi connectivity index (χ4n) is 0.682. The first-order valence-electron chi connectivity index (χ1n) is 3.72. The summed E-state index contributed by atoms with van der Waals surface area (Å²) >= 11 is 0. The Balaban J connectivity index is 4.35. The van der Waals surface area contributed by atoms with Gasteiger partial charge in [0, 0.05) is 19.6 Å². The zero-order valence-corrected chi connectivity index (χ0v) is 8.21. The zero-order valence-electron chi connectivity index (χ0n) is 7.40. The van der Waals surface area contributed by atoms with Crippen LogP contribution >= 0.6 is 0 Å². The lowest BCUT2D eigenvalue weighted by atomic mass is 10.4. The van der Waals surface area contributed by atoms with Crippen LogP contribution in [0.25, 0.3) is 0 Å². The Kier molecular flexibility index (Phi) is 4.69. The number of likely N-dealkylation sites (N-methyl/N-ethyl adjacent to an activating group) is 1. The van der Waals surface area contributed by atoms with Crippen molar-refractivity contribution in [3.05, 3.63) is 0 Å².